The number of carbonyl (C=O) groups excluding carboxylic acids is 1. The van der Waals surface area contributed by atoms with E-state index >= 15 is 0 Å². The van der Waals surface area contributed by atoms with Crippen molar-refractivity contribution in [3.05, 3.63) is 35.7 Å². The first kappa shape index (κ1) is 20.6. The molecule has 0 saturated carbocycles. The minimum absolute atomic E-state index is 0.269. The lowest BCUT2D eigenvalue weighted by molar-refractivity contribution is -0.133. The van der Waals surface area contributed by atoms with E-state index in [0.717, 1.165) is 54.9 Å². The summed E-state index contributed by atoms with van der Waals surface area (Å²) in [5.74, 6) is 2.47. The number of anilines is 1. The van der Waals surface area contributed by atoms with Crippen molar-refractivity contribution in [2.24, 2.45) is 11.8 Å². The fraction of sp³-hybridized carbons (Fsp3) is 0.455. The molecule has 3 aromatic heterocycles. The minimum Gasteiger partial charge on any atom is -0.370 e. The normalized spacial score (nSPS) is 16.9. The number of rotatable bonds is 6. The predicted octanol–water partition coefficient (Wildman–Crippen LogP) is 4.37. The van der Waals surface area contributed by atoms with Gasteiger partial charge in [0.1, 0.15) is 11.5 Å². The number of nitrogens with one attached hydrogen (secondary N) is 2. The zero-order chi connectivity index (χ0) is 21.1. The van der Waals surface area contributed by atoms with Crippen LogP contribution in [-0.4, -0.2) is 50.4 Å². The molecule has 1 aliphatic heterocycles. The van der Waals surface area contributed by atoms with E-state index in [1.165, 1.54) is 0 Å². The first-order chi connectivity index (χ1) is 14.5. The second-order valence-corrected chi connectivity index (χ2v) is 8.78. The van der Waals surface area contributed by atoms with Crippen LogP contribution in [-0.2, 0) is 4.79 Å². The van der Waals surface area contributed by atoms with Gasteiger partial charge >= 0.3 is 0 Å². The number of hydrogen-bond acceptors (Lipinski definition) is 5. The largest absolute Gasteiger partial charge is 0.370 e. The maximum atomic E-state index is 12.4. The summed E-state index contributed by atoms with van der Waals surface area (Å²) in [4.78, 5) is 31.0. The molecule has 0 aliphatic carbocycles. The molecule has 4 rings (SSSR count). The average Bonchev–Trinajstić information content (AvgIpc) is 3.15. The first-order valence-electron chi connectivity index (χ1n) is 10.5. The second-order valence-electron chi connectivity index (χ2n) is 8.34. The Balaban J connectivity index is 1.42. The highest BCUT2D eigenvalue weighted by Gasteiger charge is 2.24. The Morgan fingerprint density at radius 3 is 3.10 bits per heavy atom. The summed E-state index contributed by atoms with van der Waals surface area (Å²) in [6, 6.07) is 3.73. The Hall–Kier alpha value is -2.67. The van der Waals surface area contributed by atoms with E-state index in [0.29, 0.717) is 29.1 Å². The van der Waals surface area contributed by atoms with Crippen LogP contribution >= 0.6 is 11.6 Å². The van der Waals surface area contributed by atoms with Gasteiger partial charge in [0.2, 0.25) is 5.91 Å². The van der Waals surface area contributed by atoms with Crippen LogP contribution < -0.4 is 5.32 Å². The molecule has 1 fully saturated rings. The number of pyridine rings is 1. The number of nitrogens with zero attached hydrogens (tertiary/aromatic N) is 4. The monoisotopic (exact) mass is 426 g/mol. The summed E-state index contributed by atoms with van der Waals surface area (Å²) in [5.41, 5.74) is 1.62. The number of H-pyrrole nitrogens is 1. The second kappa shape index (κ2) is 9.00. The Labute approximate surface area is 181 Å². The Kier molecular flexibility index (Phi) is 6.18. The molecule has 1 saturated heterocycles. The molecule has 0 bridgehead atoms. The van der Waals surface area contributed by atoms with Gasteiger partial charge in [-0.3, -0.25) is 4.79 Å². The molecule has 2 N–H and O–H groups in total. The molecule has 1 atom stereocenters. The number of piperidine rings is 1. The minimum atomic E-state index is 0.269. The summed E-state index contributed by atoms with van der Waals surface area (Å²) in [6.07, 6.45) is 8.01. The van der Waals surface area contributed by atoms with E-state index in [4.69, 9.17) is 11.6 Å². The topological polar surface area (TPSA) is 86.8 Å². The quantitative estimate of drug-likeness (QED) is 0.611. The molecule has 0 aromatic carbocycles. The van der Waals surface area contributed by atoms with Crippen LogP contribution in [0.3, 0.4) is 0 Å². The third-order valence-electron chi connectivity index (χ3n) is 5.42. The van der Waals surface area contributed by atoms with Gasteiger partial charge in [-0.25, -0.2) is 15.0 Å². The van der Waals surface area contributed by atoms with Gasteiger partial charge in [0.15, 0.2) is 5.82 Å². The van der Waals surface area contributed by atoms with Crippen LogP contribution in [0.15, 0.2) is 30.7 Å². The molecule has 8 heteroatoms. The SMILES string of the molecule is CC(C)CC(=O)N1CCCC(CNc2ccnc(-c3c[nH]c4ncc(Cl)cc34)n2)C1. The van der Waals surface area contributed by atoms with Crippen LogP contribution in [0.1, 0.15) is 33.1 Å². The van der Waals surface area contributed by atoms with Crippen molar-refractivity contribution >= 4 is 34.4 Å². The third kappa shape index (κ3) is 4.73. The fourth-order valence-electron chi connectivity index (χ4n) is 3.94. The van der Waals surface area contributed by atoms with E-state index in [-0.39, 0.29) is 5.91 Å². The summed E-state index contributed by atoms with van der Waals surface area (Å²) in [5, 5.41) is 4.91. The molecule has 158 valence electrons. The van der Waals surface area contributed by atoms with Gasteiger partial charge in [-0.1, -0.05) is 25.4 Å². The molecule has 4 heterocycles. The third-order valence-corrected chi connectivity index (χ3v) is 5.63. The van der Waals surface area contributed by atoms with E-state index in [1.807, 2.05) is 23.2 Å². The smallest absolute Gasteiger partial charge is 0.222 e. The van der Waals surface area contributed by atoms with E-state index in [9.17, 15) is 4.79 Å². The lowest BCUT2D eigenvalue weighted by atomic mass is 9.97. The van der Waals surface area contributed by atoms with Gasteiger partial charge < -0.3 is 15.2 Å². The molecule has 0 radical (unpaired) electrons. The fourth-order valence-corrected chi connectivity index (χ4v) is 4.09. The molecule has 1 amide bonds. The lowest BCUT2D eigenvalue weighted by Crippen LogP contribution is -2.42. The number of hydrogen-bond donors (Lipinski definition) is 2. The van der Waals surface area contributed by atoms with Crippen LogP contribution in [0.25, 0.3) is 22.4 Å². The van der Waals surface area contributed by atoms with Crippen molar-refractivity contribution in [2.75, 3.05) is 25.0 Å². The molecule has 3 aromatic rings. The zero-order valence-corrected chi connectivity index (χ0v) is 18.1. The van der Waals surface area contributed by atoms with E-state index in [2.05, 4.69) is 39.1 Å². The van der Waals surface area contributed by atoms with Crippen molar-refractivity contribution in [1.29, 1.82) is 0 Å². The van der Waals surface area contributed by atoms with Crippen LogP contribution in [0, 0.1) is 11.8 Å². The van der Waals surface area contributed by atoms with Crippen molar-refractivity contribution < 1.29 is 4.79 Å². The van der Waals surface area contributed by atoms with Crippen LogP contribution in [0.2, 0.25) is 5.02 Å². The molecular formula is C22H27ClN6O. The molecular weight excluding hydrogens is 400 g/mol. The number of carbonyl (C=O) groups is 1. The first-order valence-corrected chi connectivity index (χ1v) is 10.8. The summed E-state index contributed by atoms with van der Waals surface area (Å²) >= 11 is 6.11. The highest BCUT2D eigenvalue weighted by atomic mass is 35.5. The van der Waals surface area contributed by atoms with Gasteiger partial charge in [0, 0.05) is 55.6 Å². The van der Waals surface area contributed by atoms with Crippen molar-refractivity contribution in [3.63, 3.8) is 0 Å². The van der Waals surface area contributed by atoms with Gasteiger partial charge in [0.25, 0.3) is 0 Å². The lowest BCUT2D eigenvalue weighted by Gasteiger charge is -2.33. The van der Waals surface area contributed by atoms with Crippen LogP contribution in [0.5, 0.6) is 0 Å². The number of aromatic nitrogens is 4. The van der Waals surface area contributed by atoms with Gasteiger partial charge in [-0.15, -0.1) is 0 Å². The van der Waals surface area contributed by atoms with Gasteiger partial charge in [0.05, 0.1) is 5.02 Å². The maximum absolute atomic E-state index is 12.4. The zero-order valence-electron chi connectivity index (χ0n) is 17.4. The summed E-state index contributed by atoms with van der Waals surface area (Å²) in [7, 11) is 0. The van der Waals surface area contributed by atoms with E-state index < -0.39 is 0 Å². The molecule has 0 spiro atoms. The van der Waals surface area contributed by atoms with E-state index in [1.54, 1.807) is 12.4 Å². The average molecular weight is 427 g/mol. The molecule has 1 unspecified atom stereocenters. The highest BCUT2D eigenvalue weighted by Crippen LogP contribution is 2.27. The molecule has 7 nitrogen and oxygen atoms in total. The number of fused-ring (bicyclic) bond motifs is 1. The summed E-state index contributed by atoms with van der Waals surface area (Å²) < 4.78 is 0. The number of amides is 1. The van der Waals surface area contributed by atoms with Gasteiger partial charge in [-0.2, -0.15) is 0 Å². The number of halogens is 1. The highest BCUT2D eigenvalue weighted by molar-refractivity contribution is 6.31. The Bertz CT molecular complexity index is 1030. The van der Waals surface area contributed by atoms with Crippen LogP contribution in [0.4, 0.5) is 5.82 Å². The molecule has 30 heavy (non-hydrogen) atoms. The number of likely N-dealkylation sites (tertiary alicyclic amines) is 1. The predicted molar refractivity (Wildman–Crippen MR) is 119 cm³/mol. The Morgan fingerprint density at radius 2 is 2.27 bits per heavy atom. The van der Waals surface area contributed by atoms with Crippen molar-refractivity contribution in [1.82, 2.24) is 24.8 Å². The summed E-state index contributed by atoms with van der Waals surface area (Å²) in [6.45, 7) is 6.64. The number of aromatic amines is 1. The van der Waals surface area contributed by atoms with Crippen molar-refractivity contribution in [3.8, 4) is 11.4 Å². The maximum Gasteiger partial charge on any atom is 0.222 e. The van der Waals surface area contributed by atoms with Gasteiger partial charge in [-0.05, 0) is 36.8 Å². The molecule has 1 aliphatic rings. The Morgan fingerprint density at radius 1 is 1.40 bits per heavy atom. The van der Waals surface area contributed by atoms with Crippen molar-refractivity contribution in [2.45, 2.75) is 33.1 Å². The standard InChI is InChI=1S/C22H27ClN6O/c1-14(2)8-20(30)29-7-3-4-15(13-29)10-25-19-5-6-24-22(28-19)18-12-27-21-17(18)9-16(23)11-26-21/h5-6,9,11-12,14-15H,3-4,7-8,10,13H2,1-2H3,(H,26,27)(H,24,25,28).